The van der Waals surface area contributed by atoms with E-state index in [2.05, 4.69) is 5.32 Å². The Labute approximate surface area is 227 Å². The molecule has 1 aliphatic rings. The van der Waals surface area contributed by atoms with Crippen molar-refractivity contribution in [2.24, 2.45) is 0 Å². The van der Waals surface area contributed by atoms with Crippen molar-refractivity contribution >= 4 is 5.91 Å². The molecule has 1 saturated heterocycles. The standard InChI is InChI=1S/C28H38FNO9/c1-2-6-21(31)24(33)20(16-37-28-27(36)26(35)25(34)22(15-29)39-28)30-23(32)14-11-17-9-12-19(13-10-17)38-18-7-4-3-5-8-18/h3-5,7-10,12-13,20-22,24-28,31,33-36H,2,6,11,14-16H2,1H3,(H,30,32)/t20-,21+,22?,24-,25+,26?,27?,28-/m0/s1. The highest BCUT2D eigenvalue weighted by molar-refractivity contribution is 5.76. The van der Waals surface area contributed by atoms with Gasteiger partial charge in [-0.2, -0.15) is 0 Å². The van der Waals surface area contributed by atoms with Crippen molar-refractivity contribution < 1.29 is 48.9 Å². The molecule has 6 N–H and O–H groups in total. The van der Waals surface area contributed by atoms with Crippen LogP contribution in [-0.2, 0) is 20.7 Å². The Hall–Kier alpha value is -2.64. The SMILES string of the molecule is CCC[C@@H](O)[C@@H](O)[C@H](CO[C@H]1OC(CF)[C@@H](O)C(O)C1O)NC(=O)CCc1ccc(Oc2ccccc2)cc1. The molecule has 1 amide bonds. The summed E-state index contributed by atoms with van der Waals surface area (Å²) in [6, 6.07) is 15.5. The maximum atomic E-state index is 13.2. The molecule has 11 heteroatoms. The third kappa shape index (κ3) is 8.94. The van der Waals surface area contributed by atoms with Gasteiger partial charge >= 0.3 is 0 Å². The van der Waals surface area contributed by atoms with Crippen molar-refractivity contribution in [3.8, 4) is 11.5 Å². The number of ether oxygens (including phenoxy) is 3. The maximum absolute atomic E-state index is 13.2. The molecular weight excluding hydrogens is 513 g/mol. The van der Waals surface area contributed by atoms with Crippen LogP contribution in [0.1, 0.15) is 31.7 Å². The second-order valence-corrected chi connectivity index (χ2v) is 9.58. The molecule has 0 radical (unpaired) electrons. The molecule has 2 aromatic carbocycles. The minimum atomic E-state index is -1.71. The molecule has 1 heterocycles. The topological polar surface area (TPSA) is 158 Å². The van der Waals surface area contributed by atoms with E-state index in [4.69, 9.17) is 14.2 Å². The molecule has 0 bridgehead atoms. The predicted octanol–water partition coefficient (Wildman–Crippen LogP) is 1.21. The number of hydrogen-bond acceptors (Lipinski definition) is 9. The Bertz CT molecular complexity index is 994. The number of aryl methyl sites for hydroxylation is 1. The molecule has 2 aromatic rings. The molecular formula is C28H38FNO9. The molecule has 1 aliphatic heterocycles. The van der Waals surface area contributed by atoms with Gasteiger partial charge in [-0.15, -0.1) is 0 Å². The van der Waals surface area contributed by atoms with Gasteiger partial charge in [-0.05, 0) is 42.7 Å². The fraction of sp³-hybridized carbons (Fsp3) is 0.536. The van der Waals surface area contributed by atoms with Crippen LogP contribution in [0.5, 0.6) is 11.5 Å². The molecule has 216 valence electrons. The number of aliphatic hydroxyl groups excluding tert-OH is 5. The van der Waals surface area contributed by atoms with Crippen molar-refractivity contribution in [1.82, 2.24) is 5.32 Å². The number of alkyl halides is 1. The van der Waals surface area contributed by atoms with Crippen LogP contribution in [0, 0.1) is 0 Å². The minimum absolute atomic E-state index is 0.0728. The van der Waals surface area contributed by atoms with Gasteiger partial charge in [0, 0.05) is 6.42 Å². The first-order valence-corrected chi connectivity index (χ1v) is 13.1. The van der Waals surface area contributed by atoms with Crippen molar-refractivity contribution in [2.45, 2.75) is 81.6 Å². The Balaban J connectivity index is 1.56. The third-order valence-corrected chi connectivity index (χ3v) is 6.54. The van der Waals surface area contributed by atoms with Gasteiger partial charge in [0.2, 0.25) is 5.91 Å². The van der Waals surface area contributed by atoms with E-state index in [1.807, 2.05) is 49.4 Å². The molecule has 10 nitrogen and oxygen atoms in total. The summed E-state index contributed by atoms with van der Waals surface area (Å²) in [4.78, 5) is 12.7. The van der Waals surface area contributed by atoms with E-state index in [0.29, 0.717) is 24.3 Å². The molecule has 0 saturated carbocycles. The van der Waals surface area contributed by atoms with E-state index >= 15 is 0 Å². The summed E-state index contributed by atoms with van der Waals surface area (Å²) in [7, 11) is 0. The number of halogens is 1. The number of nitrogens with one attached hydrogen (secondary N) is 1. The zero-order chi connectivity index (χ0) is 28.4. The maximum Gasteiger partial charge on any atom is 0.220 e. The number of aliphatic hydroxyl groups is 5. The van der Waals surface area contributed by atoms with Gasteiger partial charge in [-0.3, -0.25) is 4.79 Å². The lowest BCUT2D eigenvalue weighted by atomic mass is 9.99. The second-order valence-electron chi connectivity index (χ2n) is 9.58. The Morgan fingerprint density at radius 3 is 2.31 bits per heavy atom. The van der Waals surface area contributed by atoms with Crippen molar-refractivity contribution in [1.29, 1.82) is 0 Å². The lowest BCUT2D eigenvalue weighted by Crippen LogP contribution is -2.60. The molecule has 0 spiro atoms. The summed E-state index contributed by atoms with van der Waals surface area (Å²) >= 11 is 0. The largest absolute Gasteiger partial charge is 0.457 e. The first-order chi connectivity index (χ1) is 18.7. The average molecular weight is 552 g/mol. The van der Waals surface area contributed by atoms with Crippen LogP contribution in [0.4, 0.5) is 4.39 Å². The van der Waals surface area contributed by atoms with Crippen LogP contribution in [0.25, 0.3) is 0 Å². The van der Waals surface area contributed by atoms with Crippen LogP contribution in [0.15, 0.2) is 54.6 Å². The van der Waals surface area contributed by atoms with E-state index in [1.165, 1.54) is 0 Å². The van der Waals surface area contributed by atoms with Gasteiger partial charge in [0.15, 0.2) is 6.29 Å². The average Bonchev–Trinajstić information content (AvgIpc) is 2.94. The van der Waals surface area contributed by atoms with Gasteiger partial charge in [0.25, 0.3) is 0 Å². The van der Waals surface area contributed by atoms with Crippen LogP contribution >= 0.6 is 0 Å². The monoisotopic (exact) mass is 551 g/mol. The minimum Gasteiger partial charge on any atom is -0.457 e. The van der Waals surface area contributed by atoms with Gasteiger partial charge in [-0.1, -0.05) is 43.7 Å². The summed E-state index contributed by atoms with van der Waals surface area (Å²) in [6.45, 7) is 0.289. The Morgan fingerprint density at radius 1 is 1.00 bits per heavy atom. The summed E-state index contributed by atoms with van der Waals surface area (Å²) < 4.78 is 29.6. The summed E-state index contributed by atoms with van der Waals surface area (Å²) in [5, 5.41) is 53.6. The van der Waals surface area contributed by atoms with Crippen LogP contribution in [0.3, 0.4) is 0 Å². The smallest absolute Gasteiger partial charge is 0.220 e. The highest BCUT2D eigenvalue weighted by Crippen LogP contribution is 2.24. The van der Waals surface area contributed by atoms with E-state index in [9.17, 15) is 34.7 Å². The number of para-hydroxylation sites is 1. The fourth-order valence-electron chi connectivity index (χ4n) is 4.23. The van der Waals surface area contributed by atoms with Crippen LogP contribution < -0.4 is 10.1 Å². The number of carbonyl (C=O) groups excluding carboxylic acids is 1. The highest BCUT2D eigenvalue weighted by atomic mass is 19.1. The normalized spacial score (nSPS) is 25.5. The van der Waals surface area contributed by atoms with Crippen LogP contribution in [0.2, 0.25) is 0 Å². The number of hydrogen-bond donors (Lipinski definition) is 6. The zero-order valence-corrected chi connectivity index (χ0v) is 21.8. The summed E-state index contributed by atoms with van der Waals surface area (Å²) in [5.74, 6) is 0.941. The number of benzene rings is 2. The Kier molecular flexibility index (Phi) is 12.1. The van der Waals surface area contributed by atoms with E-state index in [-0.39, 0.29) is 12.8 Å². The number of rotatable bonds is 14. The van der Waals surface area contributed by atoms with E-state index < -0.39 is 68.1 Å². The Morgan fingerprint density at radius 2 is 1.67 bits per heavy atom. The molecule has 3 unspecified atom stereocenters. The number of carbonyl (C=O) groups is 1. The molecule has 1 fully saturated rings. The van der Waals surface area contributed by atoms with Gasteiger partial charge in [-0.25, -0.2) is 4.39 Å². The molecule has 3 rings (SSSR count). The van der Waals surface area contributed by atoms with Gasteiger partial charge in [0.1, 0.15) is 48.7 Å². The molecule has 39 heavy (non-hydrogen) atoms. The zero-order valence-electron chi connectivity index (χ0n) is 21.8. The third-order valence-electron chi connectivity index (χ3n) is 6.54. The summed E-state index contributed by atoms with van der Waals surface area (Å²) in [6.07, 6.45) is -9.23. The van der Waals surface area contributed by atoms with Gasteiger partial charge < -0.3 is 45.1 Å². The van der Waals surface area contributed by atoms with Crippen molar-refractivity contribution in [3.05, 3.63) is 60.2 Å². The predicted molar refractivity (Wildman–Crippen MR) is 139 cm³/mol. The van der Waals surface area contributed by atoms with Crippen molar-refractivity contribution in [3.63, 3.8) is 0 Å². The molecule has 0 aromatic heterocycles. The lowest BCUT2D eigenvalue weighted by Gasteiger charge is -2.40. The first-order valence-electron chi connectivity index (χ1n) is 13.1. The lowest BCUT2D eigenvalue weighted by molar-refractivity contribution is -0.300. The second kappa shape index (κ2) is 15.2. The summed E-state index contributed by atoms with van der Waals surface area (Å²) in [5.41, 5.74) is 0.883. The quantitative estimate of drug-likeness (QED) is 0.203. The number of amides is 1. The molecule has 0 aliphatic carbocycles. The van der Waals surface area contributed by atoms with Crippen molar-refractivity contribution in [2.75, 3.05) is 13.3 Å². The molecule has 8 atom stereocenters. The van der Waals surface area contributed by atoms with E-state index in [1.54, 1.807) is 12.1 Å². The van der Waals surface area contributed by atoms with Gasteiger partial charge in [0.05, 0.1) is 18.8 Å². The highest BCUT2D eigenvalue weighted by Gasteiger charge is 2.44. The van der Waals surface area contributed by atoms with Crippen LogP contribution in [-0.4, -0.2) is 93.7 Å². The fourth-order valence-corrected chi connectivity index (χ4v) is 4.23. The van der Waals surface area contributed by atoms with E-state index in [0.717, 1.165) is 5.56 Å². The first kappa shape index (κ1) is 30.9.